The zero-order valence-electron chi connectivity index (χ0n) is 12.0. The smallest absolute Gasteiger partial charge is 0.195 e. The van der Waals surface area contributed by atoms with Crippen molar-refractivity contribution in [2.75, 3.05) is 13.7 Å². The van der Waals surface area contributed by atoms with Crippen LogP contribution in [0.5, 0.6) is 5.75 Å². The van der Waals surface area contributed by atoms with Crippen molar-refractivity contribution in [3.8, 4) is 5.75 Å². The van der Waals surface area contributed by atoms with Gasteiger partial charge in [0.15, 0.2) is 4.77 Å². The van der Waals surface area contributed by atoms with Crippen LogP contribution < -0.4 is 4.74 Å². The Labute approximate surface area is 128 Å². The minimum Gasteiger partial charge on any atom is -0.497 e. The van der Waals surface area contributed by atoms with Crippen molar-refractivity contribution < 1.29 is 9.47 Å². The van der Waals surface area contributed by atoms with E-state index in [9.17, 15) is 0 Å². The van der Waals surface area contributed by atoms with Crippen LogP contribution in [0.4, 0.5) is 0 Å². The lowest BCUT2D eigenvalue weighted by Crippen LogP contribution is -2.17. The molecule has 1 aliphatic rings. The third-order valence-electron chi connectivity index (χ3n) is 3.77. The standard InChI is InChI=1S/C15H19N3O2S/c1-19-12-6-4-11(5-7-12)9-14-16-17-15(21)18(14)10-13-3-2-8-20-13/h4-7,13H,2-3,8-10H2,1H3,(H,17,21)/t13-/m1/s1. The molecular weight excluding hydrogens is 286 g/mol. The molecule has 3 rings (SSSR count). The van der Waals surface area contributed by atoms with Crippen LogP contribution in [0, 0.1) is 4.77 Å². The molecule has 0 aliphatic carbocycles. The highest BCUT2D eigenvalue weighted by Crippen LogP contribution is 2.17. The lowest BCUT2D eigenvalue weighted by Gasteiger charge is -2.12. The molecule has 0 radical (unpaired) electrons. The van der Waals surface area contributed by atoms with E-state index in [1.54, 1.807) is 7.11 Å². The van der Waals surface area contributed by atoms with Gasteiger partial charge in [-0.3, -0.25) is 5.10 Å². The predicted molar refractivity (Wildman–Crippen MR) is 82.2 cm³/mol. The monoisotopic (exact) mass is 305 g/mol. The van der Waals surface area contributed by atoms with Gasteiger partial charge in [-0.05, 0) is 42.8 Å². The maximum absolute atomic E-state index is 5.69. The summed E-state index contributed by atoms with van der Waals surface area (Å²) in [5.41, 5.74) is 1.18. The maximum atomic E-state index is 5.69. The summed E-state index contributed by atoms with van der Waals surface area (Å²) in [5.74, 6) is 1.80. The largest absolute Gasteiger partial charge is 0.497 e. The molecule has 0 spiro atoms. The molecule has 2 heterocycles. The SMILES string of the molecule is COc1ccc(Cc2n[nH]c(=S)n2C[C@H]2CCCO2)cc1. The van der Waals surface area contributed by atoms with Gasteiger partial charge in [-0.25, -0.2) is 0 Å². The van der Waals surface area contributed by atoms with Gasteiger partial charge in [-0.1, -0.05) is 12.1 Å². The van der Waals surface area contributed by atoms with Crippen LogP contribution >= 0.6 is 12.2 Å². The summed E-state index contributed by atoms with van der Waals surface area (Å²) in [4.78, 5) is 0. The summed E-state index contributed by atoms with van der Waals surface area (Å²) in [7, 11) is 1.67. The first-order valence-corrected chi connectivity index (χ1v) is 7.55. The first-order chi connectivity index (χ1) is 10.3. The van der Waals surface area contributed by atoms with Crippen LogP contribution in [0.1, 0.15) is 24.2 Å². The minimum atomic E-state index is 0.254. The maximum Gasteiger partial charge on any atom is 0.195 e. The van der Waals surface area contributed by atoms with E-state index in [4.69, 9.17) is 21.7 Å². The van der Waals surface area contributed by atoms with E-state index in [1.165, 1.54) is 5.56 Å². The summed E-state index contributed by atoms with van der Waals surface area (Å²) >= 11 is 5.33. The second-order valence-corrected chi connectivity index (χ2v) is 5.60. The average Bonchev–Trinajstić information content (AvgIpc) is 3.13. The summed E-state index contributed by atoms with van der Waals surface area (Å²) < 4.78 is 13.6. The molecule has 6 heteroatoms. The molecule has 1 N–H and O–H groups in total. The predicted octanol–water partition coefficient (Wildman–Crippen LogP) is 2.72. The quantitative estimate of drug-likeness (QED) is 0.863. The van der Waals surface area contributed by atoms with Crippen molar-refractivity contribution in [2.45, 2.75) is 31.9 Å². The number of methoxy groups -OCH3 is 1. The molecule has 1 aromatic carbocycles. The van der Waals surface area contributed by atoms with Gasteiger partial charge in [0.1, 0.15) is 11.6 Å². The number of benzene rings is 1. The van der Waals surface area contributed by atoms with Crippen molar-refractivity contribution in [2.24, 2.45) is 0 Å². The van der Waals surface area contributed by atoms with Crippen LogP contribution in [-0.4, -0.2) is 34.6 Å². The summed E-state index contributed by atoms with van der Waals surface area (Å²) in [6.07, 6.45) is 3.21. The van der Waals surface area contributed by atoms with E-state index in [-0.39, 0.29) is 6.10 Å². The highest BCUT2D eigenvalue weighted by atomic mass is 32.1. The zero-order chi connectivity index (χ0) is 14.7. The van der Waals surface area contributed by atoms with E-state index < -0.39 is 0 Å². The number of ether oxygens (including phenoxy) is 2. The molecule has 2 aromatic rings. The normalized spacial score (nSPS) is 18.0. The molecule has 0 amide bonds. The topological polar surface area (TPSA) is 52.1 Å². The third-order valence-corrected chi connectivity index (χ3v) is 4.08. The molecule has 21 heavy (non-hydrogen) atoms. The first-order valence-electron chi connectivity index (χ1n) is 7.15. The van der Waals surface area contributed by atoms with Crippen molar-refractivity contribution in [3.63, 3.8) is 0 Å². The van der Waals surface area contributed by atoms with Gasteiger partial charge in [-0.15, -0.1) is 0 Å². The molecule has 1 saturated heterocycles. The fourth-order valence-electron chi connectivity index (χ4n) is 2.59. The highest BCUT2D eigenvalue weighted by molar-refractivity contribution is 7.71. The summed E-state index contributed by atoms with van der Waals surface area (Å²) in [6.45, 7) is 1.63. The van der Waals surface area contributed by atoms with Gasteiger partial charge in [0.25, 0.3) is 0 Å². The molecular formula is C15H19N3O2S. The van der Waals surface area contributed by atoms with E-state index in [0.29, 0.717) is 4.77 Å². The van der Waals surface area contributed by atoms with E-state index >= 15 is 0 Å². The molecule has 5 nitrogen and oxygen atoms in total. The Morgan fingerprint density at radius 1 is 1.43 bits per heavy atom. The van der Waals surface area contributed by atoms with Crippen molar-refractivity contribution in [3.05, 3.63) is 40.4 Å². The fraction of sp³-hybridized carbons (Fsp3) is 0.467. The van der Waals surface area contributed by atoms with Gasteiger partial charge in [0, 0.05) is 13.0 Å². The van der Waals surface area contributed by atoms with Crippen molar-refractivity contribution in [1.29, 1.82) is 0 Å². The Balaban J connectivity index is 1.76. The average molecular weight is 305 g/mol. The number of H-pyrrole nitrogens is 1. The molecule has 0 bridgehead atoms. The number of nitrogens with one attached hydrogen (secondary N) is 1. The van der Waals surface area contributed by atoms with Gasteiger partial charge in [-0.2, -0.15) is 5.10 Å². The van der Waals surface area contributed by atoms with E-state index in [2.05, 4.69) is 14.8 Å². The van der Waals surface area contributed by atoms with Crippen LogP contribution in [0.2, 0.25) is 0 Å². The minimum absolute atomic E-state index is 0.254. The van der Waals surface area contributed by atoms with Gasteiger partial charge in [0.05, 0.1) is 19.8 Å². The van der Waals surface area contributed by atoms with Crippen LogP contribution in [-0.2, 0) is 17.7 Å². The van der Waals surface area contributed by atoms with Gasteiger partial charge < -0.3 is 14.0 Å². The Bertz CT molecular complexity index is 642. The van der Waals surface area contributed by atoms with E-state index in [0.717, 1.165) is 44.0 Å². The number of hydrogen-bond acceptors (Lipinski definition) is 4. The lowest BCUT2D eigenvalue weighted by atomic mass is 10.1. The highest BCUT2D eigenvalue weighted by Gasteiger charge is 2.18. The van der Waals surface area contributed by atoms with Crippen molar-refractivity contribution in [1.82, 2.24) is 14.8 Å². The zero-order valence-corrected chi connectivity index (χ0v) is 12.9. The number of rotatable bonds is 5. The van der Waals surface area contributed by atoms with Crippen LogP contribution in [0.15, 0.2) is 24.3 Å². The second kappa shape index (κ2) is 6.41. The Morgan fingerprint density at radius 2 is 2.24 bits per heavy atom. The molecule has 1 atom stereocenters. The summed E-state index contributed by atoms with van der Waals surface area (Å²) in [6, 6.07) is 8.02. The lowest BCUT2D eigenvalue weighted by molar-refractivity contribution is 0.0960. The summed E-state index contributed by atoms with van der Waals surface area (Å²) in [5, 5.41) is 7.24. The van der Waals surface area contributed by atoms with E-state index in [1.807, 2.05) is 24.3 Å². The third kappa shape index (κ3) is 3.33. The molecule has 112 valence electrons. The second-order valence-electron chi connectivity index (χ2n) is 5.22. The molecule has 0 unspecified atom stereocenters. The Morgan fingerprint density at radius 3 is 2.90 bits per heavy atom. The molecule has 1 aromatic heterocycles. The molecule has 1 aliphatic heterocycles. The molecule has 1 fully saturated rings. The number of aromatic nitrogens is 3. The van der Waals surface area contributed by atoms with Crippen LogP contribution in [0.25, 0.3) is 0 Å². The fourth-order valence-corrected chi connectivity index (χ4v) is 2.82. The Kier molecular flexibility index (Phi) is 4.36. The van der Waals surface area contributed by atoms with Gasteiger partial charge >= 0.3 is 0 Å². The Hall–Kier alpha value is -1.66. The van der Waals surface area contributed by atoms with Gasteiger partial charge in [0.2, 0.25) is 0 Å². The van der Waals surface area contributed by atoms with Crippen LogP contribution in [0.3, 0.4) is 0 Å². The first kappa shape index (κ1) is 14.3. The molecule has 0 saturated carbocycles. The van der Waals surface area contributed by atoms with Crippen molar-refractivity contribution >= 4 is 12.2 Å². The number of hydrogen-bond donors (Lipinski definition) is 1. The number of aromatic amines is 1. The number of nitrogens with zero attached hydrogens (tertiary/aromatic N) is 2.